The van der Waals surface area contributed by atoms with E-state index in [-0.39, 0.29) is 18.4 Å². The Morgan fingerprint density at radius 2 is 1.81 bits per heavy atom. The van der Waals surface area contributed by atoms with Gasteiger partial charge in [0.25, 0.3) is 5.91 Å². The molecule has 26 heavy (non-hydrogen) atoms. The molecule has 2 amide bonds. The maximum absolute atomic E-state index is 12.7. The molecule has 1 aliphatic heterocycles. The zero-order chi connectivity index (χ0) is 18.1. The van der Waals surface area contributed by atoms with Gasteiger partial charge in [0.1, 0.15) is 12.3 Å². The standard InChI is InChI=1S/C21H18N2O3/c1-26-18-11-3-2-6-15(18)12-22-19(24)13-23-17-10-5-8-14-7-4-9-16(20(14)17)21(23)25/h2-11H,12-13H2,1H3,(H,22,24). The first-order chi connectivity index (χ1) is 12.7. The number of hydrogen-bond donors (Lipinski definition) is 1. The van der Waals surface area contributed by atoms with Crippen molar-refractivity contribution in [3.63, 3.8) is 0 Å². The second-order valence-electron chi connectivity index (χ2n) is 6.16. The summed E-state index contributed by atoms with van der Waals surface area (Å²) < 4.78 is 5.29. The molecule has 0 atom stereocenters. The van der Waals surface area contributed by atoms with Crippen molar-refractivity contribution in [3.8, 4) is 5.75 Å². The van der Waals surface area contributed by atoms with E-state index in [1.54, 1.807) is 13.2 Å². The van der Waals surface area contributed by atoms with Crippen molar-refractivity contribution in [1.82, 2.24) is 5.32 Å². The molecule has 0 fully saturated rings. The zero-order valence-corrected chi connectivity index (χ0v) is 14.4. The first kappa shape index (κ1) is 16.1. The van der Waals surface area contributed by atoms with Crippen LogP contribution in [0.1, 0.15) is 15.9 Å². The lowest BCUT2D eigenvalue weighted by molar-refractivity contribution is -0.119. The molecule has 5 nitrogen and oxygen atoms in total. The quantitative estimate of drug-likeness (QED) is 0.772. The van der Waals surface area contributed by atoms with Crippen LogP contribution >= 0.6 is 0 Å². The van der Waals surface area contributed by atoms with Crippen molar-refractivity contribution in [2.24, 2.45) is 0 Å². The van der Waals surface area contributed by atoms with Gasteiger partial charge in [-0.25, -0.2) is 0 Å². The van der Waals surface area contributed by atoms with Crippen molar-refractivity contribution in [1.29, 1.82) is 0 Å². The summed E-state index contributed by atoms with van der Waals surface area (Å²) in [5.74, 6) is 0.375. The van der Waals surface area contributed by atoms with Crippen molar-refractivity contribution in [3.05, 3.63) is 71.8 Å². The highest BCUT2D eigenvalue weighted by Crippen LogP contribution is 2.36. The van der Waals surface area contributed by atoms with E-state index in [0.29, 0.717) is 12.1 Å². The summed E-state index contributed by atoms with van der Waals surface area (Å²) in [5.41, 5.74) is 2.33. The molecule has 0 bridgehead atoms. The number of benzene rings is 3. The third kappa shape index (κ3) is 2.67. The first-order valence-electron chi connectivity index (χ1n) is 8.41. The second-order valence-corrected chi connectivity index (χ2v) is 6.16. The third-order valence-corrected chi connectivity index (χ3v) is 4.62. The van der Waals surface area contributed by atoms with E-state index in [4.69, 9.17) is 4.74 Å². The Morgan fingerprint density at radius 3 is 2.62 bits per heavy atom. The molecule has 0 saturated heterocycles. The van der Waals surface area contributed by atoms with Crippen LogP contribution in [0, 0.1) is 0 Å². The summed E-state index contributed by atoms with van der Waals surface area (Å²) in [7, 11) is 1.60. The lowest BCUT2D eigenvalue weighted by Crippen LogP contribution is -2.38. The Hall–Kier alpha value is -3.34. The highest BCUT2D eigenvalue weighted by molar-refractivity contribution is 6.26. The number of para-hydroxylation sites is 1. The highest BCUT2D eigenvalue weighted by atomic mass is 16.5. The van der Waals surface area contributed by atoms with E-state index >= 15 is 0 Å². The topological polar surface area (TPSA) is 58.6 Å². The first-order valence-corrected chi connectivity index (χ1v) is 8.41. The molecule has 0 aromatic heterocycles. The van der Waals surface area contributed by atoms with Gasteiger partial charge in [-0.15, -0.1) is 0 Å². The van der Waals surface area contributed by atoms with Crippen LogP contribution < -0.4 is 15.0 Å². The van der Waals surface area contributed by atoms with Crippen LogP contribution in [-0.4, -0.2) is 25.5 Å². The van der Waals surface area contributed by atoms with Gasteiger partial charge in [-0.1, -0.05) is 42.5 Å². The van der Waals surface area contributed by atoms with Crippen molar-refractivity contribution in [2.45, 2.75) is 6.54 Å². The van der Waals surface area contributed by atoms with Gasteiger partial charge >= 0.3 is 0 Å². The van der Waals surface area contributed by atoms with Crippen LogP contribution in [0.4, 0.5) is 5.69 Å². The van der Waals surface area contributed by atoms with E-state index < -0.39 is 0 Å². The van der Waals surface area contributed by atoms with Crippen molar-refractivity contribution in [2.75, 3.05) is 18.6 Å². The number of nitrogens with zero attached hydrogens (tertiary/aromatic N) is 1. The fraction of sp³-hybridized carbons (Fsp3) is 0.143. The Morgan fingerprint density at radius 1 is 1.04 bits per heavy atom. The number of anilines is 1. The minimum absolute atomic E-state index is 0.0121. The number of amides is 2. The molecule has 1 aliphatic rings. The molecule has 130 valence electrons. The van der Waals surface area contributed by atoms with Gasteiger partial charge in [0.2, 0.25) is 5.91 Å². The third-order valence-electron chi connectivity index (χ3n) is 4.62. The van der Waals surface area contributed by atoms with E-state index in [2.05, 4.69) is 5.32 Å². The number of rotatable bonds is 5. The Bertz CT molecular complexity index is 1010. The summed E-state index contributed by atoms with van der Waals surface area (Å²) in [4.78, 5) is 26.7. The molecule has 1 heterocycles. The number of methoxy groups -OCH3 is 1. The van der Waals surface area contributed by atoms with Crippen LogP contribution in [0.2, 0.25) is 0 Å². The summed E-state index contributed by atoms with van der Waals surface area (Å²) in [5, 5.41) is 4.79. The van der Waals surface area contributed by atoms with Gasteiger partial charge in [-0.05, 0) is 23.6 Å². The molecule has 0 spiro atoms. The van der Waals surface area contributed by atoms with Crippen LogP contribution in [0.3, 0.4) is 0 Å². The van der Waals surface area contributed by atoms with Gasteiger partial charge < -0.3 is 10.1 Å². The molecule has 5 heteroatoms. The molecule has 1 N–H and O–H groups in total. The van der Waals surface area contributed by atoms with Gasteiger partial charge in [0.15, 0.2) is 0 Å². The van der Waals surface area contributed by atoms with Crippen LogP contribution in [0.25, 0.3) is 10.8 Å². The molecule has 0 unspecified atom stereocenters. The maximum Gasteiger partial charge on any atom is 0.259 e. The average molecular weight is 346 g/mol. The normalized spacial score (nSPS) is 12.5. The fourth-order valence-electron chi connectivity index (χ4n) is 3.38. The van der Waals surface area contributed by atoms with E-state index in [1.807, 2.05) is 54.6 Å². The number of nitrogens with one attached hydrogen (secondary N) is 1. The minimum atomic E-state index is -0.214. The van der Waals surface area contributed by atoms with Crippen LogP contribution in [0.15, 0.2) is 60.7 Å². The van der Waals surface area contributed by atoms with E-state index in [0.717, 1.165) is 27.8 Å². The maximum atomic E-state index is 12.7. The minimum Gasteiger partial charge on any atom is -0.496 e. The zero-order valence-electron chi connectivity index (χ0n) is 14.4. The van der Waals surface area contributed by atoms with Crippen LogP contribution in [-0.2, 0) is 11.3 Å². The highest BCUT2D eigenvalue weighted by Gasteiger charge is 2.30. The molecule has 3 aromatic rings. The predicted octanol–water partition coefficient (Wildman–Crippen LogP) is 3.13. The Labute approximate surface area is 151 Å². The number of carbonyl (C=O) groups excluding carboxylic acids is 2. The molecular weight excluding hydrogens is 328 g/mol. The van der Waals surface area contributed by atoms with Gasteiger partial charge in [-0.2, -0.15) is 0 Å². The number of carbonyl (C=O) groups is 2. The summed E-state index contributed by atoms with van der Waals surface area (Å²) in [6.07, 6.45) is 0. The van der Waals surface area contributed by atoms with Crippen LogP contribution in [0.5, 0.6) is 5.75 Å². The van der Waals surface area contributed by atoms with Crippen molar-refractivity contribution < 1.29 is 14.3 Å². The summed E-state index contributed by atoms with van der Waals surface area (Å²) >= 11 is 0. The fourth-order valence-corrected chi connectivity index (χ4v) is 3.38. The van der Waals surface area contributed by atoms with E-state index in [9.17, 15) is 9.59 Å². The second kappa shape index (κ2) is 6.52. The SMILES string of the molecule is COc1ccccc1CNC(=O)CN1C(=O)c2cccc3cccc1c23. The smallest absolute Gasteiger partial charge is 0.259 e. The Kier molecular flexibility index (Phi) is 4.05. The van der Waals surface area contributed by atoms with Gasteiger partial charge in [-0.3, -0.25) is 14.5 Å². The van der Waals surface area contributed by atoms with Crippen molar-refractivity contribution >= 4 is 28.3 Å². The summed E-state index contributed by atoms with van der Waals surface area (Å²) in [6, 6.07) is 18.9. The lowest BCUT2D eigenvalue weighted by atomic mass is 10.1. The molecule has 0 radical (unpaired) electrons. The largest absolute Gasteiger partial charge is 0.496 e. The molecule has 3 aromatic carbocycles. The number of ether oxygens (including phenoxy) is 1. The van der Waals surface area contributed by atoms with E-state index in [1.165, 1.54) is 4.90 Å². The molecule has 4 rings (SSSR count). The lowest BCUT2D eigenvalue weighted by Gasteiger charge is -2.17. The monoisotopic (exact) mass is 346 g/mol. The molecule has 0 saturated carbocycles. The molecule has 0 aliphatic carbocycles. The van der Waals surface area contributed by atoms with Gasteiger partial charge in [0, 0.05) is 23.1 Å². The predicted molar refractivity (Wildman–Crippen MR) is 100 cm³/mol. The number of hydrogen-bond acceptors (Lipinski definition) is 3. The average Bonchev–Trinajstić information content (AvgIpc) is 2.95. The van der Waals surface area contributed by atoms with Gasteiger partial charge in [0.05, 0.1) is 12.8 Å². The summed E-state index contributed by atoms with van der Waals surface area (Å²) in [6.45, 7) is 0.337. The Balaban J connectivity index is 1.51. The molecular formula is C21H18N2O3.